The second-order valence-electron chi connectivity index (χ2n) is 7.28. The molecule has 26 heavy (non-hydrogen) atoms. The molecule has 0 spiro atoms. The maximum atomic E-state index is 13.2. The highest BCUT2D eigenvalue weighted by Crippen LogP contribution is 2.33. The number of piperidine rings is 1. The largest absolute Gasteiger partial charge is 0.361 e. The molecule has 1 aromatic carbocycles. The van der Waals surface area contributed by atoms with E-state index in [2.05, 4.69) is 36.1 Å². The summed E-state index contributed by atoms with van der Waals surface area (Å²) in [6.07, 6.45) is 3.00. The zero-order valence-corrected chi connectivity index (χ0v) is 15.7. The average Bonchev–Trinajstić information content (AvgIpc) is 3.17. The van der Waals surface area contributed by atoms with Crippen LogP contribution in [-0.2, 0) is 0 Å². The van der Waals surface area contributed by atoms with Crippen molar-refractivity contribution in [3.8, 4) is 0 Å². The molecule has 1 atom stereocenters. The van der Waals surface area contributed by atoms with Crippen LogP contribution >= 0.6 is 0 Å². The van der Waals surface area contributed by atoms with E-state index in [1.807, 2.05) is 11.8 Å². The Morgan fingerprint density at radius 1 is 1.19 bits per heavy atom. The van der Waals surface area contributed by atoms with E-state index in [-0.39, 0.29) is 11.9 Å². The number of benzene rings is 1. The van der Waals surface area contributed by atoms with Crippen LogP contribution in [0.1, 0.15) is 64.1 Å². The summed E-state index contributed by atoms with van der Waals surface area (Å²) in [4.78, 5) is 23.4. The van der Waals surface area contributed by atoms with Gasteiger partial charge in [0.15, 0.2) is 0 Å². The number of hydrogen-bond acceptors (Lipinski definition) is 4. The van der Waals surface area contributed by atoms with Gasteiger partial charge >= 0.3 is 0 Å². The van der Waals surface area contributed by atoms with Gasteiger partial charge in [-0.2, -0.15) is 0 Å². The molecule has 136 valence electrons. The van der Waals surface area contributed by atoms with Crippen LogP contribution in [0.3, 0.4) is 0 Å². The summed E-state index contributed by atoms with van der Waals surface area (Å²) in [5.41, 5.74) is 5.67. The molecule has 0 saturated carbocycles. The monoisotopic (exact) mass is 352 g/mol. The van der Waals surface area contributed by atoms with E-state index in [1.165, 1.54) is 11.1 Å². The van der Waals surface area contributed by atoms with Gasteiger partial charge in [-0.25, -0.2) is 4.98 Å². The first-order valence-electron chi connectivity index (χ1n) is 9.16. The number of fused-ring (bicyclic) bond motifs is 1. The van der Waals surface area contributed by atoms with E-state index in [4.69, 9.17) is 9.51 Å². The van der Waals surface area contributed by atoms with Crippen LogP contribution in [0.5, 0.6) is 0 Å². The Kier molecular flexibility index (Phi) is 4.05. The maximum Gasteiger partial charge on any atom is 0.259 e. The molecule has 1 fully saturated rings. The van der Waals surface area contributed by atoms with Crippen molar-refractivity contribution in [1.82, 2.24) is 20.0 Å². The van der Waals surface area contributed by atoms with Crippen LogP contribution < -0.4 is 0 Å². The molecule has 1 amide bonds. The molecule has 6 nitrogen and oxygen atoms in total. The van der Waals surface area contributed by atoms with Gasteiger partial charge in [0.25, 0.3) is 5.91 Å². The number of aromatic nitrogens is 3. The predicted molar refractivity (Wildman–Crippen MR) is 99.2 cm³/mol. The molecule has 4 rings (SSSR count). The smallest absolute Gasteiger partial charge is 0.259 e. The fraction of sp³-hybridized carbons (Fsp3) is 0.450. The topological polar surface area (TPSA) is 75.0 Å². The summed E-state index contributed by atoms with van der Waals surface area (Å²) in [5, 5.41) is 3.94. The van der Waals surface area contributed by atoms with Gasteiger partial charge < -0.3 is 14.4 Å². The van der Waals surface area contributed by atoms with Crippen LogP contribution in [0.15, 0.2) is 16.7 Å². The molecule has 0 bridgehead atoms. The SMILES string of the molecule is Cc1cc2nc([C@@H]3CCCCN3C(=O)c3c(C)noc3C)[nH]c2cc1C. The maximum absolute atomic E-state index is 13.2. The van der Waals surface area contributed by atoms with Crippen molar-refractivity contribution in [2.75, 3.05) is 6.54 Å². The molecule has 3 heterocycles. The second kappa shape index (κ2) is 6.27. The Morgan fingerprint density at radius 3 is 2.69 bits per heavy atom. The van der Waals surface area contributed by atoms with Crippen molar-refractivity contribution >= 4 is 16.9 Å². The van der Waals surface area contributed by atoms with E-state index < -0.39 is 0 Å². The van der Waals surface area contributed by atoms with Crippen LogP contribution in [0.4, 0.5) is 0 Å². The normalized spacial score (nSPS) is 17.8. The minimum absolute atomic E-state index is 0.0150. The molecule has 1 N–H and O–H groups in total. The number of carbonyl (C=O) groups is 1. The van der Waals surface area contributed by atoms with Crippen LogP contribution in [0.25, 0.3) is 11.0 Å². The molecule has 1 saturated heterocycles. The predicted octanol–water partition coefficient (Wildman–Crippen LogP) is 4.15. The number of amides is 1. The first-order valence-corrected chi connectivity index (χ1v) is 9.16. The zero-order chi connectivity index (χ0) is 18.4. The van der Waals surface area contributed by atoms with Crippen molar-refractivity contribution in [2.45, 2.75) is 53.0 Å². The van der Waals surface area contributed by atoms with E-state index >= 15 is 0 Å². The third kappa shape index (κ3) is 2.69. The Labute approximate surface area is 152 Å². The quantitative estimate of drug-likeness (QED) is 0.752. The molecule has 0 radical (unpaired) electrons. The third-order valence-electron chi connectivity index (χ3n) is 5.44. The highest BCUT2D eigenvalue weighted by atomic mass is 16.5. The Morgan fingerprint density at radius 2 is 1.96 bits per heavy atom. The molecular weight excluding hydrogens is 328 g/mol. The fourth-order valence-electron chi connectivity index (χ4n) is 3.84. The van der Waals surface area contributed by atoms with Gasteiger partial charge in [-0.15, -0.1) is 0 Å². The summed E-state index contributed by atoms with van der Waals surface area (Å²) in [6, 6.07) is 4.19. The number of rotatable bonds is 2. The number of aryl methyl sites for hydroxylation is 4. The summed E-state index contributed by atoms with van der Waals surface area (Å²) in [7, 11) is 0. The lowest BCUT2D eigenvalue weighted by molar-refractivity contribution is 0.0599. The van der Waals surface area contributed by atoms with E-state index in [0.717, 1.165) is 42.7 Å². The molecule has 1 aliphatic heterocycles. The fourth-order valence-corrected chi connectivity index (χ4v) is 3.84. The summed E-state index contributed by atoms with van der Waals surface area (Å²) < 4.78 is 5.20. The van der Waals surface area contributed by atoms with E-state index in [9.17, 15) is 4.79 Å². The van der Waals surface area contributed by atoms with E-state index in [0.29, 0.717) is 17.0 Å². The van der Waals surface area contributed by atoms with Gasteiger partial charge in [-0.3, -0.25) is 4.79 Å². The minimum Gasteiger partial charge on any atom is -0.361 e. The zero-order valence-electron chi connectivity index (χ0n) is 15.7. The number of imidazole rings is 1. The molecular formula is C20H24N4O2. The number of H-pyrrole nitrogens is 1. The first kappa shape index (κ1) is 16.8. The van der Waals surface area contributed by atoms with Crippen molar-refractivity contribution in [3.05, 3.63) is 46.1 Å². The van der Waals surface area contributed by atoms with Crippen LogP contribution in [0, 0.1) is 27.7 Å². The lowest BCUT2D eigenvalue weighted by atomic mass is 10.00. The minimum atomic E-state index is -0.0436. The van der Waals surface area contributed by atoms with Crippen LogP contribution in [-0.4, -0.2) is 32.5 Å². The highest BCUT2D eigenvalue weighted by molar-refractivity contribution is 5.96. The molecule has 2 aromatic heterocycles. The van der Waals surface area contributed by atoms with Crippen molar-refractivity contribution in [2.24, 2.45) is 0 Å². The lowest BCUT2D eigenvalue weighted by Gasteiger charge is -2.34. The first-order chi connectivity index (χ1) is 12.5. The molecule has 0 unspecified atom stereocenters. The number of carbonyl (C=O) groups excluding carboxylic acids is 1. The van der Waals surface area contributed by atoms with Gasteiger partial charge in [0.05, 0.1) is 22.8 Å². The number of aromatic amines is 1. The van der Waals surface area contributed by atoms with Crippen molar-refractivity contribution < 1.29 is 9.32 Å². The van der Waals surface area contributed by atoms with Crippen LogP contribution in [0.2, 0.25) is 0 Å². The Balaban J connectivity index is 1.73. The highest BCUT2D eigenvalue weighted by Gasteiger charge is 2.33. The summed E-state index contributed by atoms with van der Waals surface area (Å²) in [6.45, 7) is 8.53. The number of hydrogen-bond donors (Lipinski definition) is 1. The molecule has 3 aromatic rings. The Hall–Kier alpha value is -2.63. The van der Waals surface area contributed by atoms with Gasteiger partial charge in [0.2, 0.25) is 0 Å². The van der Waals surface area contributed by atoms with Crippen molar-refractivity contribution in [3.63, 3.8) is 0 Å². The van der Waals surface area contributed by atoms with Gasteiger partial charge in [0, 0.05) is 6.54 Å². The summed E-state index contributed by atoms with van der Waals surface area (Å²) in [5.74, 6) is 1.43. The number of nitrogens with zero attached hydrogens (tertiary/aromatic N) is 3. The van der Waals surface area contributed by atoms with Gasteiger partial charge in [0.1, 0.15) is 17.1 Å². The summed E-state index contributed by atoms with van der Waals surface area (Å²) >= 11 is 0. The molecule has 6 heteroatoms. The average molecular weight is 352 g/mol. The van der Waals surface area contributed by atoms with Gasteiger partial charge in [-0.05, 0) is 70.2 Å². The third-order valence-corrected chi connectivity index (χ3v) is 5.44. The lowest BCUT2D eigenvalue weighted by Crippen LogP contribution is -2.39. The van der Waals surface area contributed by atoms with Crippen molar-refractivity contribution in [1.29, 1.82) is 0 Å². The number of likely N-dealkylation sites (tertiary alicyclic amines) is 1. The number of nitrogens with one attached hydrogen (secondary N) is 1. The molecule has 0 aliphatic carbocycles. The molecule has 1 aliphatic rings. The standard InChI is InChI=1S/C20H24N4O2/c1-11-9-15-16(10-12(11)2)22-19(21-15)17-7-5-6-8-24(17)20(25)18-13(3)23-26-14(18)4/h9-10,17H,5-8H2,1-4H3,(H,21,22)/t17-/m0/s1. The second-order valence-corrected chi connectivity index (χ2v) is 7.28. The van der Waals surface area contributed by atoms with E-state index in [1.54, 1.807) is 6.92 Å². The van der Waals surface area contributed by atoms with Gasteiger partial charge in [-0.1, -0.05) is 5.16 Å². The Bertz CT molecular complexity index is 927.